The van der Waals surface area contributed by atoms with Crippen LogP contribution in [0.1, 0.15) is 19.8 Å². The van der Waals surface area contributed by atoms with Crippen molar-refractivity contribution in [2.24, 2.45) is 10.2 Å². The molecule has 1 amide bonds. The number of benzene rings is 1. The maximum Gasteiger partial charge on any atom is 0.411 e. The van der Waals surface area contributed by atoms with Crippen LogP contribution in [-0.2, 0) is 4.74 Å². The van der Waals surface area contributed by atoms with Crippen molar-refractivity contribution in [2.45, 2.75) is 25.8 Å². The van der Waals surface area contributed by atoms with Gasteiger partial charge in [0.1, 0.15) is 11.5 Å². The molecule has 8 nitrogen and oxygen atoms in total. The quantitative estimate of drug-likeness (QED) is 0.681. The van der Waals surface area contributed by atoms with Crippen LogP contribution >= 0.6 is 0 Å². The van der Waals surface area contributed by atoms with E-state index in [0.717, 1.165) is 18.5 Å². The molecule has 8 heteroatoms. The Morgan fingerprint density at radius 2 is 2.08 bits per heavy atom. The summed E-state index contributed by atoms with van der Waals surface area (Å²) in [6.07, 6.45) is 1.57. The highest BCUT2D eigenvalue weighted by Gasteiger charge is 2.23. The van der Waals surface area contributed by atoms with E-state index in [-0.39, 0.29) is 12.4 Å². The molecule has 0 spiro atoms. The minimum Gasteiger partial charge on any atom is -0.450 e. The fraction of sp³-hybridized carbons (Fsp3) is 0.294. The normalized spacial score (nSPS) is 13.6. The van der Waals surface area contributed by atoms with Gasteiger partial charge in [0.25, 0.3) is 0 Å². The van der Waals surface area contributed by atoms with E-state index in [1.54, 1.807) is 13.0 Å². The average Bonchev–Trinajstić information content (AvgIpc) is 3.41. The maximum atomic E-state index is 11.6. The Labute approximate surface area is 145 Å². The second-order valence-corrected chi connectivity index (χ2v) is 5.59. The lowest BCUT2D eigenvalue weighted by atomic mass is 10.3. The summed E-state index contributed by atoms with van der Waals surface area (Å²) in [6, 6.07) is 11.4. The van der Waals surface area contributed by atoms with Gasteiger partial charge in [-0.1, -0.05) is 18.2 Å². The lowest BCUT2D eigenvalue weighted by Crippen LogP contribution is -2.15. The first-order valence-corrected chi connectivity index (χ1v) is 8.13. The largest absolute Gasteiger partial charge is 0.450 e. The number of ether oxygens (including phenoxy) is 1. The molecule has 0 saturated heterocycles. The lowest BCUT2D eigenvalue weighted by Gasteiger charge is -2.12. The first kappa shape index (κ1) is 16.7. The SMILES string of the molecule is CCOC(=O)Nc1cc(N=Nc2ccccc2)c(NC2CC2)nc1N. The number of hydrogen-bond donors (Lipinski definition) is 3. The van der Waals surface area contributed by atoms with Gasteiger partial charge in [0.05, 0.1) is 18.0 Å². The third kappa shape index (κ3) is 4.66. The molecule has 25 heavy (non-hydrogen) atoms. The number of azo groups is 1. The lowest BCUT2D eigenvalue weighted by molar-refractivity contribution is 0.168. The highest BCUT2D eigenvalue weighted by molar-refractivity contribution is 5.90. The number of rotatable bonds is 6. The van der Waals surface area contributed by atoms with Crippen LogP contribution in [0, 0.1) is 0 Å². The highest BCUT2D eigenvalue weighted by atomic mass is 16.5. The summed E-state index contributed by atoms with van der Waals surface area (Å²) in [7, 11) is 0. The smallest absolute Gasteiger partial charge is 0.411 e. The predicted octanol–water partition coefficient (Wildman–Crippen LogP) is 4.22. The number of nitrogens with one attached hydrogen (secondary N) is 2. The van der Waals surface area contributed by atoms with Gasteiger partial charge < -0.3 is 15.8 Å². The zero-order valence-electron chi connectivity index (χ0n) is 13.9. The molecule has 3 rings (SSSR count). The van der Waals surface area contributed by atoms with E-state index in [4.69, 9.17) is 10.5 Å². The molecule has 0 aliphatic heterocycles. The Balaban J connectivity index is 1.88. The summed E-state index contributed by atoms with van der Waals surface area (Å²) in [6.45, 7) is 1.99. The van der Waals surface area contributed by atoms with Crippen molar-refractivity contribution < 1.29 is 9.53 Å². The average molecular weight is 340 g/mol. The van der Waals surface area contributed by atoms with E-state index in [2.05, 4.69) is 25.8 Å². The van der Waals surface area contributed by atoms with Gasteiger partial charge in [0, 0.05) is 6.04 Å². The number of nitrogens with two attached hydrogens (primary N) is 1. The van der Waals surface area contributed by atoms with Gasteiger partial charge in [-0.25, -0.2) is 9.78 Å². The number of amides is 1. The van der Waals surface area contributed by atoms with Crippen molar-refractivity contribution in [3.05, 3.63) is 36.4 Å². The summed E-state index contributed by atoms with van der Waals surface area (Å²) < 4.78 is 4.87. The summed E-state index contributed by atoms with van der Waals surface area (Å²) >= 11 is 0. The Bertz CT molecular complexity index is 774. The fourth-order valence-electron chi connectivity index (χ4n) is 2.10. The van der Waals surface area contributed by atoms with Crippen LogP contribution in [0.15, 0.2) is 46.6 Å². The standard InChI is InChI=1S/C17H20N6O2/c1-2-25-17(24)20-13-10-14(23-22-12-6-4-3-5-7-12)16(21-15(13)18)19-11-8-9-11/h3-7,10-11H,2,8-9H2,1H3,(H,20,24)(H3,18,19,21). The molecular weight excluding hydrogens is 320 g/mol. The second kappa shape index (κ2) is 7.61. The Kier molecular flexibility index (Phi) is 5.08. The van der Waals surface area contributed by atoms with Crippen LogP contribution in [0.5, 0.6) is 0 Å². The summed E-state index contributed by atoms with van der Waals surface area (Å²) in [5, 5.41) is 14.3. The van der Waals surface area contributed by atoms with Gasteiger partial charge in [-0.15, -0.1) is 5.11 Å². The number of nitrogen functional groups attached to an aromatic ring is 1. The molecule has 0 unspecified atom stereocenters. The third-order valence-corrected chi connectivity index (χ3v) is 3.49. The molecule has 130 valence electrons. The molecular formula is C17H20N6O2. The third-order valence-electron chi connectivity index (χ3n) is 3.49. The summed E-state index contributed by atoms with van der Waals surface area (Å²) in [5.41, 5.74) is 7.50. The summed E-state index contributed by atoms with van der Waals surface area (Å²) in [5.74, 6) is 0.740. The van der Waals surface area contributed by atoms with Crippen molar-refractivity contribution in [3.8, 4) is 0 Å². The van der Waals surface area contributed by atoms with Crippen LogP contribution in [0.4, 0.5) is 33.5 Å². The van der Waals surface area contributed by atoms with Crippen LogP contribution in [0.2, 0.25) is 0 Å². The van der Waals surface area contributed by atoms with Crippen molar-refractivity contribution in [1.82, 2.24) is 4.98 Å². The predicted molar refractivity (Wildman–Crippen MR) is 96.6 cm³/mol. The number of aromatic nitrogens is 1. The van der Waals surface area contributed by atoms with Crippen LogP contribution in [0.25, 0.3) is 0 Å². The Morgan fingerprint density at radius 1 is 1.32 bits per heavy atom. The van der Waals surface area contributed by atoms with E-state index in [1.807, 2.05) is 30.3 Å². The summed E-state index contributed by atoms with van der Waals surface area (Å²) in [4.78, 5) is 16.0. The van der Waals surface area contributed by atoms with Gasteiger partial charge in [-0.05, 0) is 38.0 Å². The fourth-order valence-corrected chi connectivity index (χ4v) is 2.10. The number of nitrogens with zero attached hydrogens (tertiary/aromatic N) is 3. The van der Waals surface area contributed by atoms with Gasteiger partial charge in [0.2, 0.25) is 0 Å². The Hall–Kier alpha value is -3.16. The first-order chi connectivity index (χ1) is 12.2. The molecule has 1 aliphatic rings. The molecule has 0 bridgehead atoms. The molecule has 1 heterocycles. The van der Waals surface area contributed by atoms with E-state index < -0.39 is 6.09 Å². The zero-order chi connectivity index (χ0) is 17.6. The van der Waals surface area contributed by atoms with Crippen molar-refractivity contribution in [3.63, 3.8) is 0 Å². The second-order valence-electron chi connectivity index (χ2n) is 5.59. The monoisotopic (exact) mass is 340 g/mol. The van der Waals surface area contributed by atoms with E-state index in [9.17, 15) is 4.79 Å². The number of pyridine rings is 1. The molecule has 1 fully saturated rings. The highest BCUT2D eigenvalue weighted by Crippen LogP contribution is 2.35. The topological polar surface area (TPSA) is 114 Å². The minimum atomic E-state index is -0.593. The van der Waals surface area contributed by atoms with Gasteiger partial charge in [-0.3, -0.25) is 5.32 Å². The number of carbonyl (C=O) groups excluding carboxylic acids is 1. The van der Waals surface area contributed by atoms with Crippen LogP contribution in [0.3, 0.4) is 0 Å². The minimum absolute atomic E-state index is 0.190. The molecule has 1 aromatic carbocycles. The van der Waals surface area contributed by atoms with Crippen LogP contribution in [-0.4, -0.2) is 23.7 Å². The van der Waals surface area contributed by atoms with E-state index in [0.29, 0.717) is 23.2 Å². The number of hydrogen-bond acceptors (Lipinski definition) is 7. The first-order valence-electron chi connectivity index (χ1n) is 8.13. The van der Waals surface area contributed by atoms with Crippen molar-refractivity contribution in [1.29, 1.82) is 0 Å². The molecule has 1 aliphatic carbocycles. The molecule has 0 atom stereocenters. The molecule has 1 aromatic heterocycles. The zero-order valence-corrected chi connectivity index (χ0v) is 13.9. The van der Waals surface area contributed by atoms with E-state index in [1.165, 1.54) is 0 Å². The van der Waals surface area contributed by atoms with E-state index >= 15 is 0 Å². The van der Waals surface area contributed by atoms with Gasteiger partial charge in [-0.2, -0.15) is 5.11 Å². The molecule has 4 N–H and O–H groups in total. The van der Waals surface area contributed by atoms with Gasteiger partial charge in [0.15, 0.2) is 5.82 Å². The number of anilines is 3. The molecule has 0 radical (unpaired) electrons. The maximum absolute atomic E-state index is 11.6. The number of carbonyl (C=O) groups is 1. The van der Waals surface area contributed by atoms with Crippen molar-refractivity contribution in [2.75, 3.05) is 23.0 Å². The molecule has 1 saturated carbocycles. The Morgan fingerprint density at radius 3 is 2.76 bits per heavy atom. The molecule has 2 aromatic rings. The van der Waals surface area contributed by atoms with Gasteiger partial charge >= 0.3 is 6.09 Å². The van der Waals surface area contributed by atoms with Crippen molar-refractivity contribution >= 4 is 34.8 Å². The van der Waals surface area contributed by atoms with Crippen LogP contribution < -0.4 is 16.4 Å².